The van der Waals surface area contributed by atoms with E-state index < -0.39 is 0 Å². The van der Waals surface area contributed by atoms with Crippen molar-refractivity contribution >= 4 is 39.5 Å². The van der Waals surface area contributed by atoms with Crippen molar-refractivity contribution in [2.75, 3.05) is 11.5 Å². The second-order valence-electron chi connectivity index (χ2n) is 3.93. The molecule has 2 rings (SSSR count). The van der Waals surface area contributed by atoms with Crippen molar-refractivity contribution in [3.05, 3.63) is 22.6 Å². The number of thioether (sulfide) groups is 2. The van der Waals surface area contributed by atoms with Crippen LogP contribution in [-0.4, -0.2) is 22.0 Å². The van der Waals surface area contributed by atoms with E-state index in [1.807, 2.05) is 29.6 Å². The van der Waals surface area contributed by atoms with E-state index >= 15 is 0 Å². The van der Waals surface area contributed by atoms with Crippen molar-refractivity contribution in [1.29, 1.82) is 0 Å². The highest BCUT2D eigenvalue weighted by Crippen LogP contribution is 2.41. The lowest BCUT2D eigenvalue weighted by Crippen LogP contribution is -2.41. The van der Waals surface area contributed by atoms with Crippen LogP contribution < -0.4 is 11.3 Å². The van der Waals surface area contributed by atoms with Gasteiger partial charge in [-0.15, -0.1) is 0 Å². The second kappa shape index (κ2) is 6.52. The van der Waals surface area contributed by atoms with Crippen molar-refractivity contribution in [3.63, 3.8) is 0 Å². The zero-order valence-corrected chi connectivity index (χ0v) is 12.9. The number of nitrogens with two attached hydrogens (primary N) is 1. The van der Waals surface area contributed by atoms with Crippen molar-refractivity contribution < 1.29 is 4.42 Å². The highest BCUT2D eigenvalue weighted by atomic mass is 79.9. The maximum Gasteiger partial charge on any atom is 0.137 e. The first-order valence-electron chi connectivity index (χ1n) is 5.70. The number of hydrogen-bond acceptors (Lipinski definition) is 5. The standard InChI is InChI=1S/C11H17BrN2OS2/c1-2-8-11(17-6-5-16-8)9(14-13)10-7(12)3-4-15-10/h3-4,8-9,11,14H,2,5-6,13H2,1H3. The molecule has 3 unspecified atom stereocenters. The Hall–Kier alpha value is 0.380. The highest BCUT2D eigenvalue weighted by Gasteiger charge is 2.34. The van der Waals surface area contributed by atoms with Gasteiger partial charge in [0.25, 0.3) is 0 Å². The third-order valence-electron chi connectivity index (χ3n) is 2.93. The molecule has 3 nitrogen and oxygen atoms in total. The Kier molecular flexibility index (Phi) is 5.29. The Morgan fingerprint density at radius 2 is 2.35 bits per heavy atom. The summed E-state index contributed by atoms with van der Waals surface area (Å²) in [6.07, 6.45) is 2.87. The summed E-state index contributed by atoms with van der Waals surface area (Å²) in [6, 6.07) is 1.99. The van der Waals surface area contributed by atoms with Crippen LogP contribution in [0.1, 0.15) is 25.1 Å². The van der Waals surface area contributed by atoms with E-state index in [0.717, 1.165) is 10.2 Å². The molecule has 0 aliphatic carbocycles. The van der Waals surface area contributed by atoms with Gasteiger partial charge in [-0.2, -0.15) is 23.5 Å². The minimum Gasteiger partial charge on any atom is -0.466 e. The first-order valence-corrected chi connectivity index (χ1v) is 8.59. The predicted octanol–water partition coefficient (Wildman–Crippen LogP) is 3.17. The second-order valence-corrected chi connectivity index (χ2v) is 7.42. The molecule has 0 saturated carbocycles. The molecule has 2 heterocycles. The molecule has 17 heavy (non-hydrogen) atoms. The van der Waals surface area contributed by atoms with Gasteiger partial charge in [-0.05, 0) is 28.4 Å². The Balaban J connectivity index is 2.19. The number of furan rings is 1. The van der Waals surface area contributed by atoms with Crippen molar-refractivity contribution in [2.24, 2.45) is 5.84 Å². The monoisotopic (exact) mass is 336 g/mol. The Labute approximate surface area is 119 Å². The molecule has 1 aliphatic rings. The van der Waals surface area contributed by atoms with Crippen LogP contribution in [0.25, 0.3) is 0 Å². The molecule has 1 aromatic rings. The van der Waals surface area contributed by atoms with E-state index in [1.54, 1.807) is 6.26 Å². The van der Waals surface area contributed by atoms with Gasteiger partial charge in [0, 0.05) is 22.0 Å². The molecule has 96 valence electrons. The quantitative estimate of drug-likeness (QED) is 0.653. The van der Waals surface area contributed by atoms with E-state index in [4.69, 9.17) is 10.3 Å². The molecule has 0 bridgehead atoms. The van der Waals surface area contributed by atoms with Crippen molar-refractivity contribution in [3.8, 4) is 0 Å². The first-order chi connectivity index (χ1) is 8.27. The molecule has 1 aromatic heterocycles. The number of halogens is 1. The minimum atomic E-state index is 0.0714. The van der Waals surface area contributed by atoms with Crippen molar-refractivity contribution in [1.82, 2.24) is 5.43 Å². The molecule has 1 fully saturated rings. The maximum atomic E-state index is 5.73. The smallest absolute Gasteiger partial charge is 0.137 e. The Morgan fingerprint density at radius 3 is 2.94 bits per heavy atom. The van der Waals surface area contributed by atoms with Crippen LogP contribution in [0.3, 0.4) is 0 Å². The van der Waals surface area contributed by atoms with Gasteiger partial charge in [0.05, 0.1) is 16.8 Å². The average molecular weight is 337 g/mol. The lowest BCUT2D eigenvalue weighted by Gasteiger charge is -2.34. The lowest BCUT2D eigenvalue weighted by atomic mass is 10.1. The van der Waals surface area contributed by atoms with Gasteiger partial charge < -0.3 is 4.42 Å². The zero-order chi connectivity index (χ0) is 12.3. The molecule has 0 spiro atoms. The summed E-state index contributed by atoms with van der Waals surface area (Å²) in [5.74, 6) is 9.05. The van der Waals surface area contributed by atoms with Crippen LogP contribution in [0.5, 0.6) is 0 Å². The molecular formula is C11H17BrN2OS2. The van der Waals surface area contributed by atoms with Gasteiger partial charge in [0.2, 0.25) is 0 Å². The largest absolute Gasteiger partial charge is 0.466 e. The third kappa shape index (κ3) is 3.04. The van der Waals surface area contributed by atoms with Gasteiger partial charge in [-0.25, -0.2) is 5.43 Å². The van der Waals surface area contributed by atoms with Gasteiger partial charge >= 0.3 is 0 Å². The van der Waals surface area contributed by atoms with Gasteiger partial charge in [-0.1, -0.05) is 6.92 Å². The molecule has 1 saturated heterocycles. The van der Waals surface area contributed by atoms with Crippen LogP contribution in [0, 0.1) is 0 Å². The van der Waals surface area contributed by atoms with Crippen LogP contribution in [0.2, 0.25) is 0 Å². The molecular weight excluding hydrogens is 320 g/mol. The summed E-state index contributed by atoms with van der Waals surface area (Å²) >= 11 is 7.55. The van der Waals surface area contributed by atoms with Crippen LogP contribution in [0.15, 0.2) is 21.2 Å². The first kappa shape index (κ1) is 13.8. The van der Waals surface area contributed by atoms with Gasteiger partial charge in [0.1, 0.15) is 5.76 Å². The van der Waals surface area contributed by atoms with E-state index in [1.165, 1.54) is 17.9 Å². The average Bonchev–Trinajstić information content (AvgIpc) is 2.78. The van der Waals surface area contributed by atoms with E-state index in [0.29, 0.717) is 10.5 Å². The fourth-order valence-electron chi connectivity index (χ4n) is 2.09. The Morgan fingerprint density at radius 1 is 1.59 bits per heavy atom. The summed E-state index contributed by atoms with van der Waals surface area (Å²) in [5, 5.41) is 1.10. The number of hydrazine groups is 1. The molecule has 1 aliphatic heterocycles. The topological polar surface area (TPSA) is 51.2 Å². The third-order valence-corrected chi connectivity index (χ3v) is 6.94. The normalized spacial score (nSPS) is 27.0. The van der Waals surface area contributed by atoms with Crippen LogP contribution in [-0.2, 0) is 0 Å². The highest BCUT2D eigenvalue weighted by molar-refractivity contribution is 9.10. The van der Waals surface area contributed by atoms with Crippen LogP contribution in [0.4, 0.5) is 0 Å². The number of hydrogen-bond donors (Lipinski definition) is 2. The fourth-order valence-corrected chi connectivity index (χ4v) is 5.74. The zero-order valence-electron chi connectivity index (χ0n) is 9.69. The summed E-state index contributed by atoms with van der Waals surface area (Å²) in [5.41, 5.74) is 2.92. The van der Waals surface area contributed by atoms with Gasteiger partial charge in [0.15, 0.2) is 0 Å². The molecule has 0 amide bonds. The van der Waals surface area contributed by atoms with E-state index in [9.17, 15) is 0 Å². The Bertz CT molecular complexity index is 361. The summed E-state index contributed by atoms with van der Waals surface area (Å²) in [6.45, 7) is 2.24. The summed E-state index contributed by atoms with van der Waals surface area (Å²) in [7, 11) is 0. The van der Waals surface area contributed by atoms with Gasteiger partial charge in [-0.3, -0.25) is 5.84 Å². The number of rotatable bonds is 4. The molecule has 3 N–H and O–H groups in total. The molecule has 0 aromatic carbocycles. The maximum absolute atomic E-state index is 5.73. The minimum absolute atomic E-state index is 0.0714. The van der Waals surface area contributed by atoms with Crippen molar-refractivity contribution in [2.45, 2.75) is 29.9 Å². The summed E-state index contributed by atoms with van der Waals surface area (Å²) in [4.78, 5) is 0. The molecule has 6 heteroatoms. The summed E-state index contributed by atoms with van der Waals surface area (Å²) < 4.78 is 6.54. The molecule has 3 atom stereocenters. The van der Waals surface area contributed by atoms with E-state index in [-0.39, 0.29) is 6.04 Å². The molecule has 0 radical (unpaired) electrons. The lowest BCUT2D eigenvalue weighted by molar-refractivity contribution is 0.400. The SMILES string of the molecule is CCC1SCCSC1C(NN)c1occc1Br. The van der Waals surface area contributed by atoms with E-state index in [2.05, 4.69) is 28.3 Å². The number of nitrogens with one attached hydrogen (secondary N) is 1. The fraction of sp³-hybridized carbons (Fsp3) is 0.636. The predicted molar refractivity (Wildman–Crippen MR) is 79.3 cm³/mol. The van der Waals surface area contributed by atoms with Crippen LogP contribution >= 0.6 is 39.5 Å².